The standard InChI is InChI=1S/C15H17NO2S/c1-11-6-12(2)8-13(7-11)16-15(17)10-19-9-14-4-3-5-18-14/h3-8H,9-10H2,1-2H3,(H,16,17). The fraction of sp³-hybridized carbons (Fsp3) is 0.267. The number of amides is 1. The maximum Gasteiger partial charge on any atom is 0.234 e. The molecule has 0 aliphatic heterocycles. The van der Waals surface area contributed by atoms with Crippen molar-refractivity contribution in [3.05, 3.63) is 53.5 Å². The van der Waals surface area contributed by atoms with Gasteiger partial charge in [-0.3, -0.25) is 4.79 Å². The lowest BCUT2D eigenvalue weighted by Crippen LogP contribution is -2.14. The topological polar surface area (TPSA) is 42.2 Å². The Hall–Kier alpha value is -1.68. The molecule has 3 nitrogen and oxygen atoms in total. The number of benzene rings is 1. The molecule has 0 bridgehead atoms. The predicted octanol–water partition coefficient (Wildman–Crippen LogP) is 3.77. The third kappa shape index (κ3) is 4.48. The molecule has 19 heavy (non-hydrogen) atoms. The first kappa shape index (κ1) is 13.7. The highest BCUT2D eigenvalue weighted by Gasteiger charge is 2.04. The number of aryl methyl sites for hydroxylation is 2. The number of furan rings is 1. The van der Waals surface area contributed by atoms with E-state index in [1.54, 1.807) is 18.0 Å². The van der Waals surface area contributed by atoms with Crippen LogP contribution in [0, 0.1) is 13.8 Å². The molecule has 0 spiro atoms. The highest BCUT2D eigenvalue weighted by atomic mass is 32.2. The van der Waals surface area contributed by atoms with E-state index in [1.807, 2.05) is 38.1 Å². The van der Waals surface area contributed by atoms with E-state index in [-0.39, 0.29) is 5.91 Å². The quantitative estimate of drug-likeness (QED) is 0.903. The molecule has 1 heterocycles. The summed E-state index contributed by atoms with van der Waals surface area (Å²) in [5.41, 5.74) is 3.16. The number of rotatable bonds is 5. The van der Waals surface area contributed by atoms with Gasteiger partial charge in [-0.1, -0.05) is 6.07 Å². The SMILES string of the molecule is Cc1cc(C)cc(NC(=O)CSCc2ccco2)c1. The van der Waals surface area contributed by atoms with Crippen molar-refractivity contribution >= 4 is 23.4 Å². The van der Waals surface area contributed by atoms with Crippen LogP contribution in [0.1, 0.15) is 16.9 Å². The van der Waals surface area contributed by atoms with Gasteiger partial charge >= 0.3 is 0 Å². The van der Waals surface area contributed by atoms with Crippen LogP contribution >= 0.6 is 11.8 Å². The second kappa shape index (κ2) is 6.48. The summed E-state index contributed by atoms with van der Waals surface area (Å²) in [7, 11) is 0. The van der Waals surface area contributed by atoms with Gasteiger partial charge in [-0.25, -0.2) is 0 Å². The smallest absolute Gasteiger partial charge is 0.234 e. The zero-order valence-electron chi connectivity index (χ0n) is 11.1. The van der Waals surface area contributed by atoms with Crippen molar-refractivity contribution in [3.8, 4) is 0 Å². The summed E-state index contributed by atoms with van der Waals surface area (Å²) in [6.07, 6.45) is 1.64. The van der Waals surface area contributed by atoms with E-state index in [9.17, 15) is 4.79 Å². The Morgan fingerprint density at radius 1 is 1.26 bits per heavy atom. The minimum Gasteiger partial charge on any atom is -0.468 e. The number of anilines is 1. The molecule has 0 saturated heterocycles. The van der Waals surface area contributed by atoms with Gasteiger partial charge in [0.2, 0.25) is 5.91 Å². The van der Waals surface area contributed by atoms with E-state index in [0.29, 0.717) is 11.5 Å². The summed E-state index contributed by atoms with van der Waals surface area (Å²) in [5, 5.41) is 2.91. The van der Waals surface area contributed by atoms with Crippen LogP contribution in [0.2, 0.25) is 0 Å². The molecular formula is C15H17NO2S. The summed E-state index contributed by atoms with van der Waals surface area (Å²) in [6, 6.07) is 9.80. The van der Waals surface area contributed by atoms with Gasteiger partial charge in [0.05, 0.1) is 17.8 Å². The van der Waals surface area contributed by atoms with E-state index in [2.05, 4.69) is 11.4 Å². The van der Waals surface area contributed by atoms with Gasteiger partial charge in [0.25, 0.3) is 0 Å². The van der Waals surface area contributed by atoms with Crippen molar-refractivity contribution in [2.24, 2.45) is 0 Å². The van der Waals surface area contributed by atoms with Crippen molar-refractivity contribution in [1.29, 1.82) is 0 Å². The minimum absolute atomic E-state index is 0.0153. The van der Waals surface area contributed by atoms with Gasteiger partial charge < -0.3 is 9.73 Å². The average Bonchev–Trinajstić information content (AvgIpc) is 2.80. The first-order valence-electron chi connectivity index (χ1n) is 6.12. The lowest BCUT2D eigenvalue weighted by Gasteiger charge is -2.07. The van der Waals surface area contributed by atoms with E-state index in [0.717, 1.165) is 22.6 Å². The Labute approximate surface area is 117 Å². The van der Waals surface area contributed by atoms with E-state index in [4.69, 9.17) is 4.42 Å². The number of carbonyl (C=O) groups is 1. The van der Waals surface area contributed by atoms with Crippen LogP contribution in [0.4, 0.5) is 5.69 Å². The molecule has 2 aromatic rings. The van der Waals surface area contributed by atoms with Crippen LogP contribution < -0.4 is 5.32 Å². The van der Waals surface area contributed by atoms with Gasteiger partial charge in [-0.05, 0) is 49.2 Å². The number of nitrogens with one attached hydrogen (secondary N) is 1. The van der Waals surface area contributed by atoms with Crippen LogP contribution in [-0.2, 0) is 10.5 Å². The Kier molecular flexibility index (Phi) is 4.68. The lowest BCUT2D eigenvalue weighted by atomic mass is 10.1. The average molecular weight is 275 g/mol. The van der Waals surface area contributed by atoms with Crippen molar-refractivity contribution < 1.29 is 9.21 Å². The van der Waals surface area contributed by atoms with Crippen molar-refractivity contribution in [2.45, 2.75) is 19.6 Å². The fourth-order valence-corrected chi connectivity index (χ4v) is 2.61. The monoisotopic (exact) mass is 275 g/mol. The molecule has 0 radical (unpaired) electrons. The maximum absolute atomic E-state index is 11.8. The van der Waals surface area contributed by atoms with Crippen LogP contribution in [0.3, 0.4) is 0 Å². The number of thioether (sulfide) groups is 1. The van der Waals surface area contributed by atoms with E-state index in [1.165, 1.54) is 0 Å². The Bertz CT molecular complexity index is 529. The first-order valence-corrected chi connectivity index (χ1v) is 7.27. The number of hydrogen-bond donors (Lipinski definition) is 1. The second-order valence-corrected chi connectivity index (χ2v) is 5.48. The van der Waals surface area contributed by atoms with E-state index >= 15 is 0 Å². The van der Waals surface area contributed by atoms with Crippen LogP contribution in [-0.4, -0.2) is 11.7 Å². The first-order chi connectivity index (χ1) is 9.13. The molecule has 1 aromatic heterocycles. The zero-order valence-corrected chi connectivity index (χ0v) is 11.9. The largest absolute Gasteiger partial charge is 0.468 e. The molecule has 1 N–H and O–H groups in total. The number of carbonyl (C=O) groups excluding carboxylic acids is 1. The molecular weight excluding hydrogens is 258 g/mol. The van der Waals surface area contributed by atoms with Gasteiger partial charge in [0.1, 0.15) is 5.76 Å². The highest BCUT2D eigenvalue weighted by molar-refractivity contribution is 7.99. The fourth-order valence-electron chi connectivity index (χ4n) is 1.88. The Balaban J connectivity index is 1.80. The molecule has 0 aliphatic carbocycles. The lowest BCUT2D eigenvalue weighted by molar-refractivity contribution is -0.113. The molecule has 0 unspecified atom stereocenters. The van der Waals surface area contributed by atoms with Gasteiger partial charge in [0, 0.05) is 5.69 Å². The molecule has 4 heteroatoms. The normalized spacial score (nSPS) is 10.4. The summed E-state index contributed by atoms with van der Waals surface area (Å²) in [5.74, 6) is 2.05. The summed E-state index contributed by atoms with van der Waals surface area (Å²) in [6.45, 7) is 4.04. The summed E-state index contributed by atoms with van der Waals surface area (Å²) >= 11 is 1.54. The third-order valence-electron chi connectivity index (χ3n) is 2.56. The highest BCUT2D eigenvalue weighted by Crippen LogP contribution is 2.16. The summed E-state index contributed by atoms with van der Waals surface area (Å²) in [4.78, 5) is 11.8. The zero-order chi connectivity index (χ0) is 13.7. The molecule has 0 saturated carbocycles. The minimum atomic E-state index is 0.0153. The Morgan fingerprint density at radius 2 is 2.00 bits per heavy atom. The second-order valence-electron chi connectivity index (χ2n) is 4.50. The van der Waals surface area contributed by atoms with Crippen molar-refractivity contribution in [1.82, 2.24) is 0 Å². The molecule has 0 atom stereocenters. The molecule has 2 rings (SSSR count). The van der Waals surface area contributed by atoms with Crippen molar-refractivity contribution in [3.63, 3.8) is 0 Å². The molecule has 100 valence electrons. The Morgan fingerprint density at radius 3 is 2.63 bits per heavy atom. The van der Waals surface area contributed by atoms with Gasteiger partial charge in [0.15, 0.2) is 0 Å². The summed E-state index contributed by atoms with van der Waals surface area (Å²) < 4.78 is 5.21. The van der Waals surface area contributed by atoms with Gasteiger partial charge in [-0.2, -0.15) is 0 Å². The van der Waals surface area contributed by atoms with Gasteiger partial charge in [-0.15, -0.1) is 11.8 Å². The molecule has 0 fully saturated rings. The number of hydrogen-bond acceptors (Lipinski definition) is 3. The maximum atomic E-state index is 11.8. The van der Waals surface area contributed by atoms with Crippen molar-refractivity contribution in [2.75, 3.05) is 11.1 Å². The van der Waals surface area contributed by atoms with E-state index < -0.39 is 0 Å². The third-order valence-corrected chi connectivity index (χ3v) is 3.52. The predicted molar refractivity (Wildman–Crippen MR) is 79.4 cm³/mol. The molecule has 0 aliphatic rings. The molecule has 1 amide bonds. The van der Waals surface area contributed by atoms with Crippen LogP contribution in [0.15, 0.2) is 41.0 Å². The van der Waals surface area contributed by atoms with Crippen LogP contribution in [0.5, 0.6) is 0 Å². The molecule has 1 aromatic carbocycles. The van der Waals surface area contributed by atoms with Crippen LogP contribution in [0.25, 0.3) is 0 Å².